The summed E-state index contributed by atoms with van der Waals surface area (Å²) in [5, 5.41) is 3.31. The molecule has 21 heavy (non-hydrogen) atoms. The summed E-state index contributed by atoms with van der Waals surface area (Å²) in [5.41, 5.74) is 0.954. The van der Waals surface area contributed by atoms with E-state index in [4.69, 9.17) is 4.74 Å². The van der Waals surface area contributed by atoms with Crippen LogP contribution >= 0.6 is 0 Å². The highest BCUT2D eigenvalue weighted by atomic mass is 16.5. The summed E-state index contributed by atoms with van der Waals surface area (Å²) in [7, 11) is 0. The van der Waals surface area contributed by atoms with Gasteiger partial charge < -0.3 is 15.0 Å². The molecule has 0 aliphatic carbocycles. The molecule has 0 unspecified atom stereocenters. The van der Waals surface area contributed by atoms with Crippen LogP contribution in [0, 0.1) is 0 Å². The van der Waals surface area contributed by atoms with Crippen molar-refractivity contribution in [2.24, 2.45) is 0 Å². The highest BCUT2D eigenvalue weighted by Gasteiger charge is 2.11. The molecule has 0 amide bonds. The van der Waals surface area contributed by atoms with E-state index in [0.717, 1.165) is 50.0 Å². The zero-order valence-corrected chi connectivity index (χ0v) is 14.1. The van der Waals surface area contributed by atoms with E-state index < -0.39 is 0 Å². The van der Waals surface area contributed by atoms with E-state index in [2.05, 4.69) is 54.8 Å². The van der Waals surface area contributed by atoms with E-state index in [1.165, 1.54) is 0 Å². The summed E-state index contributed by atoms with van der Waals surface area (Å²) in [4.78, 5) is 11.4. The van der Waals surface area contributed by atoms with Gasteiger partial charge >= 0.3 is 0 Å². The average Bonchev–Trinajstić information content (AvgIpc) is 2.50. The Morgan fingerprint density at radius 3 is 2.52 bits per heavy atom. The van der Waals surface area contributed by atoms with Crippen molar-refractivity contribution in [3.63, 3.8) is 0 Å². The maximum Gasteiger partial charge on any atom is 0.160 e. The molecule has 1 N–H and O–H groups in total. The largest absolute Gasteiger partial charge is 0.489 e. The molecule has 1 aromatic heterocycles. The van der Waals surface area contributed by atoms with Crippen LogP contribution in [0.3, 0.4) is 0 Å². The molecule has 0 bridgehead atoms. The lowest BCUT2D eigenvalue weighted by Gasteiger charge is -2.19. The number of likely N-dealkylation sites (N-methyl/N-ethyl adjacent to an activating group) is 1. The fourth-order valence-electron chi connectivity index (χ4n) is 2.01. The summed E-state index contributed by atoms with van der Waals surface area (Å²) in [5.74, 6) is 2.00. The first kappa shape index (κ1) is 17.9. The van der Waals surface area contributed by atoms with Gasteiger partial charge in [-0.25, -0.2) is 9.97 Å². The van der Waals surface area contributed by atoms with Crippen LogP contribution in [0.2, 0.25) is 0 Å². The number of nitrogens with one attached hydrogen (secondary N) is 1. The van der Waals surface area contributed by atoms with E-state index >= 15 is 0 Å². The van der Waals surface area contributed by atoms with Crippen LogP contribution in [-0.2, 0) is 6.54 Å². The van der Waals surface area contributed by atoms with Crippen LogP contribution < -0.4 is 10.1 Å². The molecule has 5 heteroatoms. The molecule has 0 spiro atoms. The van der Waals surface area contributed by atoms with Gasteiger partial charge in [0.25, 0.3) is 0 Å². The van der Waals surface area contributed by atoms with Crippen molar-refractivity contribution in [3.8, 4) is 5.75 Å². The number of nitrogens with zero attached hydrogens (tertiary/aromatic N) is 3. The molecule has 0 saturated carbocycles. The number of rotatable bonds is 10. The molecule has 0 radical (unpaired) electrons. The molecule has 0 atom stereocenters. The molecule has 1 rings (SSSR count). The predicted octanol–water partition coefficient (Wildman–Crippen LogP) is 2.43. The molecule has 1 aromatic rings. The van der Waals surface area contributed by atoms with Crippen LogP contribution in [0.25, 0.3) is 0 Å². The van der Waals surface area contributed by atoms with Crippen LogP contribution in [0.4, 0.5) is 0 Å². The second-order valence-corrected chi connectivity index (χ2v) is 5.35. The molecule has 0 saturated heterocycles. The Balaban J connectivity index is 2.70. The van der Waals surface area contributed by atoms with Crippen LogP contribution in [0.15, 0.2) is 6.20 Å². The Bertz CT molecular complexity index is 405. The molecular weight excluding hydrogens is 264 g/mol. The van der Waals surface area contributed by atoms with Crippen molar-refractivity contribution in [2.75, 3.05) is 32.8 Å². The summed E-state index contributed by atoms with van der Waals surface area (Å²) in [6, 6.07) is 0. The topological polar surface area (TPSA) is 50.3 Å². The first-order valence-electron chi connectivity index (χ1n) is 8.03. The Kier molecular flexibility index (Phi) is 8.23. The van der Waals surface area contributed by atoms with E-state index in [0.29, 0.717) is 12.5 Å². The first-order valence-corrected chi connectivity index (χ1v) is 8.03. The van der Waals surface area contributed by atoms with Gasteiger partial charge in [0.05, 0.1) is 11.9 Å². The molecule has 0 aromatic carbocycles. The van der Waals surface area contributed by atoms with E-state index in [1.807, 2.05) is 6.20 Å². The SMILES string of the molecule is CCNCc1nc(C(C)C)ncc1OCCN(CC)CC. The third-order valence-corrected chi connectivity index (χ3v) is 3.47. The maximum atomic E-state index is 5.90. The normalized spacial score (nSPS) is 11.4. The minimum atomic E-state index is 0.329. The third-order valence-electron chi connectivity index (χ3n) is 3.47. The Labute approximate surface area is 129 Å². The Hall–Kier alpha value is -1.20. The second kappa shape index (κ2) is 9.68. The van der Waals surface area contributed by atoms with E-state index in [1.54, 1.807) is 0 Å². The average molecular weight is 294 g/mol. The summed E-state index contributed by atoms with van der Waals surface area (Å²) < 4.78 is 5.90. The summed E-state index contributed by atoms with van der Waals surface area (Å²) in [6.07, 6.45) is 1.82. The van der Waals surface area contributed by atoms with Crippen molar-refractivity contribution in [2.45, 2.75) is 47.1 Å². The molecule has 0 fully saturated rings. The zero-order chi connectivity index (χ0) is 15.7. The highest BCUT2D eigenvalue weighted by Crippen LogP contribution is 2.18. The third kappa shape index (κ3) is 5.98. The predicted molar refractivity (Wildman–Crippen MR) is 86.8 cm³/mol. The quantitative estimate of drug-likeness (QED) is 0.718. The van der Waals surface area contributed by atoms with Crippen LogP contribution in [-0.4, -0.2) is 47.7 Å². The van der Waals surface area contributed by atoms with Gasteiger partial charge in [-0.05, 0) is 19.6 Å². The van der Waals surface area contributed by atoms with Crippen molar-refractivity contribution >= 4 is 0 Å². The minimum absolute atomic E-state index is 0.329. The van der Waals surface area contributed by atoms with Crippen molar-refractivity contribution in [3.05, 3.63) is 17.7 Å². The first-order chi connectivity index (χ1) is 10.1. The molecular formula is C16H30N4O. The lowest BCUT2D eigenvalue weighted by atomic mass is 10.2. The molecule has 1 heterocycles. The van der Waals surface area contributed by atoms with Gasteiger partial charge in [-0.2, -0.15) is 0 Å². The summed E-state index contributed by atoms with van der Waals surface area (Å²) >= 11 is 0. The van der Waals surface area contributed by atoms with Crippen molar-refractivity contribution in [1.82, 2.24) is 20.2 Å². The fourth-order valence-corrected chi connectivity index (χ4v) is 2.01. The highest BCUT2D eigenvalue weighted by molar-refractivity contribution is 5.25. The van der Waals surface area contributed by atoms with Gasteiger partial charge in [-0.3, -0.25) is 0 Å². The van der Waals surface area contributed by atoms with Crippen LogP contribution in [0.5, 0.6) is 5.75 Å². The van der Waals surface area contributed by atoms with Crippen molar-refractivity contribution in [1.29, 1.82) is 0 Å². The van der Waals surface area contributed by atoms with Crippen LogP contribution in [0.1, 0.15) is 52.1 Å². The Morgan fingerprint density at radius 1 is 1.24 bits per heavy atom. The molecule has 120 valence electrons. The van der Waals surface area contributed by atoms with E-state index in [-0.39, 0.29) is 0 Å². The lowest BCUT2D eigenvalue weighted by molar-refractivity contribution is 0.220. The standard InChI is InChI=1S/C16H30N4O/c1-6-17-11-14-15(12-18-16(19-14)13(4)5)21-10-9-20(7-2)8-3/h12-13,17H,6-11H2,1-5H3. The number of aromatic nitrogens is 2. The van der Waals surface area contributed by atoms with Gasteiger partial charge in [0.2, 0.25) is 0 Å². The van der Waals surface area contributed by atoms with Gasteiger partial charge in [0.1, 0.15) is 12.4 Å². The van der Waals surface area contributed by atoms with Gasteiger partial charge in [-0.1, -0.05) is 34.6 Å². The Morgan fingerprint density at radius 2 is 1.95 bits per heavy atom. The van der Waals surface area contributed by atoms with E-state index in [9.17, 15) is 0 Å². The smallest absolute Gasteiger partial charge is 0.160 e. The summed E-state index contributed by atoms with van der Waals surface area (Å²) in [6.45, 7) is 16.0. The number of ether oxygens (including phenoxy) is 1. The number of hydrogen-bond donors (Lipinski definition) is 1. The zero-order valence-electron chi connectivity index (χ0n) is 14.1. The van der Waals surface area contributed by atoms with Crippen molar-refractivity contribution < 1.29 is 4.74 Å². The lowest BCUT2D eigenvalue weighted by Crippen LogP contribution is -2.28. The number of hydrogen-bond acceptors (Lipinski definition) is 5. The van der Waals surface area contributed by atoms with Gasteiger partial charge in [0, 0.05) is 19.0 Å². The van der Waals surface area contributed by atoms with Gasteiger partial charge in [-0.15, -0.1) is 0 Å². The maximum absolute atomic E-state index is 5.90. The fraction of sp³-hybridized carbons (Fsp3) is 0.750. The second-order valence-electron chi connectivity index (χ2n) is 5.35. The molecule has 0 aliphatic heterocycles. The monoisotopic (exact) mass is 294 g/mol. The van der Waals surface area contributed by atoms with Gasteiger partial charge in [0.15, 0.2) is 5.75 Å². The minimum Gasteiger partial charge on any atom is -0.489 e. The molecule has 5 nitrogen and oxygen atoms in total. The molecule has 0 aliphatic rings.